The summed E-state index contributed by atoms with van der Waals surface area (Å²) in [6.07, 6.45) is -4.77. The van der Waals surface area contributed by atoms with Gasteiger partial charge in [-0.15, -0.1) is 13.2 Å². The maximum atomic E-state index is 12.2. The molecule has 0 fully saturated rings. The average molecular weight is 390 g/mol. The fraction of sp³-hybridized carbons (Fsp3) is 0.294. The summed E-state index contributed by atoms with van der Waals surface area (Å²) in [6, 6.07) is 10.3. The molecule has 1 N–H and O–H groups in total. The van der Waals surface area contributed by atoms with E-state index in [-0.39, 0.29) is 16.4 Å². The van der Waals surface area contributed by atoms with Crippen LogP contribution < -0.4 is 9.47 Å². The predicted octanol–water partition coefficient (Wildman–Crippen LogP) is 3.92. The van der Waals surface area contributed by atoms with Gasteiger partial charge >= 0.3 is 6.36 Å². The van der Waals surface area contributed by atoms with E-state index in [2.05, 4.69) is 4.74 Å². The van der Waals surface area contributed by atoms with Gasteiger partial charge in [0, 0.05) is 0 Å². The molecule has 0 aliphatic heterocycles. The van der Waals surface area contributed by atoms with E-state index in [0.717, 1.165) is 12.1 Å². The Labute approximate surface area is 148 Å². The molecule has 9 heteroatoms. The minimum atomic E-state index is -4.77. The first kappa shape index (κ1) is 20.1. The first-order chi connectivity index (χ1) is 11.8. The quantitative estimate of drug-likeness (QED) is 0.809. The van der Waals surface area contributed by atoms with Crippen LogP contribution in [0.15, 0.2) is 53.4 Å². The second-order valence-electron chi connectivity index (χ2n) is 6.16. The maximum Gasteiger partial charge on any atom is 0.573 e. The molecule has 0 radical (unpaired) electrons. The Bertz CT molecular complexity index is 836. The van der Waals surface area contributed by atoms with E-state index in [1.54, 1.807) is 0 Å². The summed E-state index contributed by atoms with van der Waals surface area (Å²) in [5.74, 6) is -0.248. The molecule has 2 aromatic carbocycles. The standard InChI is InChI=1S/C17H17F3O5S/c1-16(2,21)11-26(22,23)15-9-7-13(8-10-15)24-12-3-5-14(6-4-12)25-17(18,19)20/h3-10,21H,11H2,1-2H3. The molecule has 2 rings (SSSR count). The van der Waals surface area contributed by atoms with Crippen LogP contribution in [-0.2, 0) is 9.84 Å². The lowest BCUT2D eigenvalue weighted by Crippen LogP contribution is -2.30. The van der Waals surface area contributed by atoms with E-state index in [1.165, 1.54) is 50.2 Å². The van der Waals surface area contributed by atoms with Crippen molar-refractivity contribution < 1.29 is 36.2 Å². The highest BCUT2D eigenvalue weighted by atomic mass is 32.2. The molecule has 0 amide bonds. The Hall–Kier alpha value is -2.26. The van der Waals surface area contributed by atoms with Crippen molar-refractivity contribution in [3.8, 4) is 17.2 Å². The lowest BCUT2D eigenvalue weighted by Gasteiger charge is -2.17. The monoisotopic (exact) mass is 390 g/mol. The second kappa shape index (κ2) is 7.16. The summed E-state index contributed by atoms with van der Waals surface area (Å²) >= 11 is 0. The zero-order valence-corrected chi connectivity index (χ0v) is 14.8. The number of rotatable bonds is 6. The highest BCUT2D eigenvalue weighted by molar-refractivity contribution is 7.91. The van der Waals surface area contributed by atoms with Crippen molar-refractivity contribution in [2.75, 3.05) is 5.75 Å². The lowest BCUT2D eigenvalue weighted by molar-refractivity contribution is -0.274. The molecule has 5 nitrogen and oxygen atoms in total. The molecule has 0 aliphatic rings. The zero-order valence-electron chi connectivity index (χ0n) is 13.9. The van der Waals surface area contributed by atoms with Gasteiger partial charge in [0.05, 0.1) is 16.2 Å². The van der Waals surface area contributed by atoms with E-state index < -0.39 is 27.6 Å². The predicted molar refractivity (Wildman–Crippen MR) is 88.0 cm³/mol. The third-order valence-electron chi connectivity index (χ3n) is 3.02. The second-order valence-corrected chi connectivity index (χ2v) is 8.15. The molecule has 0 atom stereocenters. The van der Waals surface area contributed by atoms with Gasteiger partial charge in [0.2, 0.25) is 0 Å². The molecule has 0 saturated heterocycles. The Balaban J connectivity index is 2.08. The molecule has 0 aromatic heterocycles. The van der Waals surface area contributed by atoms with Crippen molar-refractivity contribution in [3.63, 3.8) is 0 Å². The maximum absolute atomic E-state index is 12.2. The van der Waals surface area contributed by atoms with Crippen LogP contribution in [0.1, 0.15) is 13.8 Å². The van der Waals surface area contributed by atoms with E-state index in [9.17, 15) is 26.7 Å². The molecule has 0 bridgehead atoms. The first-order valence-electron chi connectivity index (χ1n) is 7.43. The molecule has 26 heavy (non-hydrogen) atoms. The fourth-order valence-corrected chi connectivity index (χ4v) is 3.76. The number of alkyl halides is 3. The number of sulfone groups is 1. The van der Waals surface area contributed by atoms with Crippen LogP contribution in [0.4, 0.5) is 13.2 Å². The highest BCUT2D eigenvalue weighted by Crippen LogP contribution is 2.28. The minimum absolute atomic E-state index is 0.0286. The smallest absolute Gasteiger partial charge is 0.457 e. The van der Waals surface area contributed by atoms with Gasteiger partial charge in [0.15, 0.2) is 9.84 Å². The van der Waals surface area contributed by atoms with Gasteiger partial charge in [-0.2, -0.15) is 0 Å². The number of halogens is 3. The van der Waals surface area contributed by atoms with E-state index >= 15 is 0 Å². The molecule has 0 saturated carbocycles. The van der Waals surface area contributed by atoms with Crippen molar-refractivity contribution >= 4 is 9.84 Å². The van der Waals surface area contributed by atoms with E-state index in [0.29, 0.717) is 5.75 Å². The summed E-state index contributed by atoms with van der Waals surface area (Å²) in [7, 11) is -3.66. The third-order valence-corrected chi connectivity index (χ3v) is 5.10. The summed E-state index contributed by atoms with van der Waals surface area (Å²) < 4.78 is 69.9. The Morgan fingerprint density at radius 3 is 1.73 bits per heavy atom. The number of ether oxygens (including phenoxy) is 2. The van der Waals surface area contributed by atoms with Crippen molar-refractivity contribution in [1.29, 1.82) is 0 Å². The summed E-state index contributed by atoms with van der Waals surface area (Å²) in [6.45, 7) is 2.79. The van der Waals surface area contributed by atoms with Crippen LogP contribution in [0.25, 0.3) is 0 Å². The van der Waals surface area contributed by atoms with Gasteiger partial charge in [-0.05, 0) is 62.4 Å². The molecule has 0 unspecified atom stereocenters. The van der Waals surface area contributed by atoms with Crippen LogP contribution in [0.2, 0.25) is 0 Å². The van der Waals surface area contributed by atoms with Crippen molar-refractivity contribution in [2.24, 2.45) is 0 Å². The topological polar surface area (TPSA) is 72.8 Å². The van der Waals surface area contributed by atoms with Gasteiger partial charge in [0.1, 0.15) is 17.2 Å². The van der Waals surface area contributed by atoms with Gasteiger partial charge in [-0.25, -0.2) is 8.42 Å². The molecule has 2 aromatic rings. The normalized spacial score (nSPS) is 12.7. The van der Waals surface area contributed by atoms with Crippen molar-refractivity contribution in [3.05, 3.63) is 48.5 Å². The molecule has 142 valence electrons. The first-order valence-corrected chi connectivity index (χ1v) is 9.08. The molecular formula is C17H17F3O5S. The van der Waals surface area contributed by atoms with Gasteiger partial charge in [0.25, 0.3) is 0 Å². The van der Waals surface area contributed by atoms with E-state index in [1.807, 2.05) is 0 Å². The van der Waals surface area contributed by atoms with Gasteiger partial charge in [-0.3, -0.25) is 0 Å². The van der Waals surface area contributed by atoms with Gasteiger partial charge < -0.3 is 14.6 Å². The average Bonchev–Trinajstić information content (AvgIpc) is 2.46. The number of hydrogen-bond donors (Lipinski definition) is 1. The van der Waals surface area contributed by atoms with Crippen molar-refractivity contribution in [1.82, 2.24) is 0 Å². The molecule has 0 aliphatic carbocycles. The fourth-order valence-electron chi connectivity index (χ4n) is 2.11. The SMILES string of the molecule is CC(C)(O)CS(=O)(=O)c1ccc(Oc2ccc(OC(F)(F)F)cc2)cc1. The number of benzene rings is 2. The minimum Gasteiger partial charge on any atom is -0.457 e. The highest BCUT2D eigenvalue weighted by Gasteiger charge is 2.31. The van der Waals surface area contributed by atoms with Crippen LogP contribution >= 0.6 is 0 Å². The number of aliphatic hydroxyl groups is 1. The summed E-state index contributed by atoms with van der Waals surface area (Å²) in [5, 5.41) is 9.67. The van der Waals surface area contributed by atoms with Crippen LogP contribution in [0, 0.1) is 0 Å². The number of hydrogen-bond acceptors (Lipinski definition) is 5. The van der Waals surface area contributed by atoms with E-state index in [4.69, 9.17) is 4.74 Å². The lowest BCUT2D eigenvalue weighted by atomic mass is 10.2. The van der Waals surface area contributed by atoms with Gasteiger partial charge in [-0.1, -0.05) is 0 Å². The van der Waals surface area contributed by atoms with Crippen LogP contribution in [-0.4, -0.2) is 31.2 Å². The Morgan fingerprint density at radius 2 is 1.31 bits per heavy atom. The summed E-state index contributed by atoms with van der Waals surface area (Å²) in [5.41, 5.74) is -1.37. The zero-order chi connectivity index (χ0) is 19.6. The summed E-state index contributed by atoms with van der Waals surface area (Å²) in [4.78, 5) is 0.0286. The Kier molecular flexibility index (Phi) is 5.52. The molecular weight excluding hydrogens is 373 g/mol. The molecule has 0 spiro atoms. The Morgan fingerprint density at radius 1 is 0.885 bits per heavy atom. The van der Waals surface area contributed by atoms with Crippen LogP contribution in [0.5, 0.6) is 17.2 Å². The van der Waals surface area contributed by atoms with Crippen LogP contribution in [0.3, 0.4) is 0 Å². The molecule has 0 heterocycles. The van der Waals surface area contributed by atoms with Crippen molar-refractivity contribution in [2.45, 2.75) is 30.7 Å². The largest absolute Gasteiger partial charge is 0.573 e. The third kappa shape index (κ3) is 6.23.